The predicted octanol–water partition coefficient (Wildman–Crippen LogP) is 3.82. The highest BCUT2D eigenvalue weighted by atomic mass is 32.2. The van der Waals surface area contributed by atoms with Gasteiger partial charge < -0.3 is 9.84 Å². The molecular formula is C19H21NO5S. The zero-order chi connectivity index (χ0) is 18.7. The minimum Gasteiger partial charge on any atom is -0.490 e. The Bertz CT molecular complexity index is 900. The third-order valence-corrected chi connectivity index (χ3v) is 5.96. The topological polar surface area (TPSA) is 92.7 Å². The molecule has 0 amide bonds. The first-order valence-corrected chi connectivity index (χ1v) is 9.97. The molecule has 1 aliphatic rings. The number of carboxylic acid groups (broad SMARTS) is 1. The van der Waals surface area contributed by atoms with E-state index in [1.807, 2.05) is 0 Å². The summed E-state index contributed by atoms with van der Waals surface area (Å²) >= 11 is 0. The Kier molecular flexibility index (Phi) is 5.18. The molecule has 0 bridgehead atoms. The van der Waals surface area contributed by atoms with Crippen LogP contribution in [0.2, 0.25) is 0 Å². The van der Waals surface area contributed by atoms with Gasteiger partial charge in [0, 0.05) is 5.69 Å². The molecule has 0 saturated heterocycles. The second-order valence-corrected chi connectivity index (χ2v) is 8.09. The van der Waals surface area contributed by atoms with Gasteiger partial charge in [0.2, 0.25) is 0 Å². The van der Waals surface area contributed by atoms with Gasteiger partial charge >= 0.3 is 5.97 Å². The Hall–Kier alpha value is -2.54. The molecule has 2 aromatic rings. The first-order chi connectivity index (χ1) is 12.3. The van der Waals surface area contributed by atoms with Crippen LogP contribution in [0, 0.1) is 6.92 Å². The van der Waals surface area contributed by atoms with Crippen molar-refractivity contribution in [2.24, 2.45) is 0 Å². The van der Waals surface area contributed by atoms with Crippen LogP contribution in [0.3, 0.4) is 0 Å². The van der Waals surface area contributed by atoms with Gasteiger partial charge in [0.1, 0.15) is 5.75 Å². The van der Waals surface area contributed by atoms with E-state index >= 15 is 0 Å². The Morgan fingerprint density at radius 3 is 2.38 bits per heavy atom. The normalized spacial score (nSPS) is 15.0. The summed E-state index contributed by atoms with van der Waals surface area (Å²) in [5.41, 5.74) is 0.795. The fourth-order valence-electron chi connectivity index (χ4n) is 3.03. The Labute approximate surface area is 152 Å². The van der Waals surface area contributed by atoms with Crippen LogP contribution in [-0.4, -0.2) is 25.6 Å². The predicted molar refractivity (Wildman–Crippen MR) is 98.3 cm³/mol. The van der Waals surface area contributed by atoms with Crippen molar-refractivity contribution < 1.29 is 23.1 Å². The number of sulfonamides is 1. The van der Waals surface area contributed by atoms with Gasteiger partial charge in [-0.2, -0.15) is 0 Å². The zero-order valence-electron chi connectivity index (χ0n) is 14.4. The van der Waals surface area contributed by atoms with Crippen molar-refractivity contribution in [1.29, 1.82) is 0 Å². The highest BCUT2D eigenvalue weighted by molar-refractivity contribution is 7.92. The number of rotatable bonds is 6. The summed E-state index contributed by atoms with van der Waals surface area (Å²) in [5.74, 6) is -0.459. The number of nitrogens with one attached hydrogen (secondary N) is 1. The van der Waals surface area contributed by atoms with E-state index in [0.29, 0.717) is 17.0 Å². The number of anilines is 1. The molecule has 6 nitrogen and oxygen atoms in total. The molecule has 0 unspecified atom stereocenters. The van der Waals surface area contributed by atoms with Crippen molar-refractivity contribution in [3.05, 3.63) is 53.6 Å². The van der Waals surface area contributed by atoms with Crippen molar-refractivity contribution in [2.75, 3.05) is 4.72 Å². The minimum atomic E-state index is -3.89. The van der Waals surface area contributed by atoms with Crippen molar-refractivity contribution in [2.45, 2.75) is 43.6 Å². The third kappa shape index (κ3) is 4.16. The number of aromatic carboxylic acids is 1. The largest absolute Gasteiger partial charge is 0.490 e. The maximum atomic E-state index is 12.6. The lowest BCUT2D eigenvalue weighted by molar-refractivity contribution is 0.0696. The molecule has 26 heavy (non-hydrogen) atoms. The Balaban J connectivity index is 1.77. The van der Waals surface area contributed by atoms with E-state index in [2.05, 4.69) is 4.72 Å². The summed E-state index contributed by atoms with van der Waals surface area (Å²) in [6, 6.07) is 10.8. The molecule has 2 N–H and O–H groups in total. The summed E-state index contributed by atoms with van der Waals surface area (Å²) in [6.07, 6.45) is 4.69. The van der Waals surface area contributed by atoms with Gasteiger partial charge in [-0.3, -0.25) is 4.72 Å². The van der Waals surface area contributed by atoms with E-state index < -0.39 is 16.0 Å². The monoisotopic (exact) mass is 375 g/mol. The number of hydrogen-bond donors (Lipinski definition) is 2. The molecule has 2 aromatic carbocycles. The second-order valence-electron chi connectivity index (χ2n) is 6.44. The van der Waals surface area contributed by atoms with E-state index in [0.717, 1.165) is 18.9 Å². The maximum absolute atomic E-state index is 12.6. The molecule has 7 heteroatoms. The molecule has 0 aromatic heterocycles. The summed E-state index contributed by atoms with van der Waals surface area (Å²) in [6.45, 7) is 1.62. The number of benzene rings is 2. The molecular weight excluding hydrogens is 354 g/mol. The molecule has 0 spiro atoms. The smallest absolute Gasteiger partial charge is 0.335 e. The van der Waals surface area contributed by atoms with Gasteiger partial charge in [-0.15, -0.1) is 0 Å². The zero-order valence-corrected chi connectivity index (χ0v) is 15.3. The number of ether oxygens (including phenoxy) is 1. The fourth-order valence-corrected chi connectivity index (χ4v) is 4.36. The van der Waals surface area contributed by atoms with E-state index in [-0.39, 0.29) is 16.6 Å². The molecule has 1 saturated carbocycles. The lowest BCUT2D eigenvalue weighted by Crippen LogP contribution is -2.15. The quantitative estimate of drug-likeness (QED) is 0.801. The fraction of sp³-hybridized carbons (Fsp3) is 0.316. The highest BCUT2D eigenvalue weighted by Crippen LogP contribution is 2.26. The molecule has 3 rings (SSSR count). The molecule has 1 fully saturated rings. The SMILES string of the molecule is Cc1ccc(C(=O)O)cc1S(=O)(=O)Nc1ccc(OC2CCCC2)cc1. The average molecular weight is 375 g/mol. The van der Waals surface area contributed by atoms with Crippen molar-refractivity contribution in [1.82, 2.24) is 0 Å². The van der Waals surface area contributed by atoms with Crippen LogP contribution in [0.1, 0.15) is 41.6 Å². The first kappa shape index (κ1) is 18.3. The number of aryl methyl sites for hydroxylation is 1. The van der Waals surface area contributed by atoms with Crippen LogP contribution in [0.5, 0.6) is 5.75 Å². The minimum absolute atomic E-state index is 0.0521. The van der Waals surface area contributed by atoms with Gasteiger partial charge in [-0.1, -0.05) is 6.07 Å². The molecule has 0 heterocycles. The highest BCUT2D eigenvalue weighted by Gasteiger charge is 2.20. The van der Waals surface area contributed by atoms with Gasteiger partial charge in [-0.25, -0.2) is 13.2 Å². The third-order valence-electron chi connectivity index (χ3n) is 4.44. The van der Waals surface area contributed by atoms with E-state index in [4.69, 9.17) is 9.84 Å². The maximum Gasteiger partial charge on any atom is 0.335 e. The molecule has 0 atom stereocenters. The van der Waals surface area contributed by atoms with Crippen LogP contribution >= 0.6 is 0 Å². The Morgan fingerprint density at radius 2 is 1.77 bits per heavy atom. The van der Waals surface area contributed by atoms with Gasteiger partial charge in [0.05, 0.1) is 16.6 Å². The summed E-state index contributed by atoms with van der Waals surface area (Å²) in [4.78, 5) is 11.0. The number of carbonyl (C=O) groups is 1. The van der Waals surface area contributed by atoms with E-state index in [9.17, 15) is 13.2 Å². The number of carboxylic acids is 1. The van der Waals surface area contributed by atoms with Crippen LogP contribution < -0.4 is 9.46 Å². The molecule has 138 valence electrons. The van der Waals surface area contributed by atoms with Crippen LogP contribution in [0.15, 0.2) is 47.4 Å². The van der Waals surface area contributed by atoms with E-state index in [1.165, 1.54) is 25.0 Å². The first-order valence-electron chi connectivity index (χ1n) is 8.49. The van der Waals surface area contributed by atoms with Crippen LogP contribution in [0.25, 0.3) is 0 Å². The lowest BCUT2D eigenvalue weighted by Gasteiger charge is -2.14. The van der Waals surface area contributed by atoms with Crippen molar-refractivity contribution >= 4 is 21.7 Å². The van der Waals surface area contributed by atoms with Crippen molar-refractivity contribution in [3.63, 3.8) is 0 Å². The van der Waals surface area contributed by atoms with Gasteiger partial charge in [0.25, 0.3) is 10.0 Å². The summed E-state index contributed by atoms with van der Waals surface area (Å²) in [7, 11) is -3.89. The standard InChI is InChI=1S/C19H21NO5S/c1-13-6-7-14(19(21)22)12-18(13)26(23,24)20-15-8-10-17(11-9-15)25-16-4-2-3-5-16/h6-12,16,20H,2-5H2,1H3,(H,21,22). The van der Waals surface area contributed by atoms with Crippen LogP contribution in [0.4, 0.5) is 5.69 Å². The second kappa shape index (κ2) is 7.37. The Morgan fingerprint density at radius 1 is 1.12 bits per heavy atom. The van der Waals surface area contributed by atoms with E-state index in [1.54, 1.807) is 31.2 Å². The average Bonchev–Trinajstić information content (AvgIpc) is 3.09. The summed E-state index contributed by atoms with van der Waals surface area (Å²) < 4.78 is 33.6. The lowest BCUT2D eigenvalue weighted by atomic mass is 10.1. The molecule has 1 aliphatic carbocycles. The summed E-state index contributed by atoms with van der Waals surface area (Å²) in [5, 5.41) is 9.07. The molecule has 0 radical (unpaired) electrons. The van der Waals surface area contributed by atoms with Crippen molar-refractivity contribution in [3.8, 4) is 5.75 Å². The van der Waals surface area contributed by atoms with Crippen LogP contribution in [-0.2, 0) is 10.0 Å². The van der Waals surface area contributed by atoms with Gasteiger partial charge in [0.15, 0.2) is 0 Å². The number of hydrogen-bond acceptors (Lipinski definition) is 4. The van der Waals surface area contributed by atoms with Gasteiger partial charge in [-0.05, 0) is 74.6 Å². The molecule has 0 aliphatic heterocycles.